The number of benzene rings is 3. The van der Waals surface area contributed by atoms with E-state index < -0.39 is 22.5 Å². The van der Waals surface area contributed by atoms with Crippen molar-refractivity contribution in [1.29, 1.82) is 0 Å². The number of carbonyl (C=O) groups is 1. The first-order valence-corrected chi connectivity index (χ1v) is 10.4. The molecule has 3 aromatic carbocycles. The molecule has 0 saturated heterocycles. The maximum Gasteiger partial charge on any atom is 0.324 e. The van der Waals surface area contributed by atoms with Crippen LogP contribution in [0.4, 0.5) is 5.69 Å². The van der Waals surface area contributed by atoms with Gasteiger partial charge in [0, 0.05) is 0 Å². The van der Waals surface area contributed by atoms with E-state index in [-0.39, 0.29) is 10.6 Å². The van der Waals surface area contributed by atoms with Crippen LogP contribution in [0, 0.1) is 6.92 Å². The molecule has 0 heterocycles. The first-order chi connectivity index (χ1) is 13.9. The number of sulfonamides is 1. The smallest absolute Gasteiger partial charge is 0.324 e. The number of rotatable bonds is 8. The Kier molecular flexibility index (Phi) is 6.19. The predicted octanol–water partition coefficient (Wildman–Crippen LogP) is 3.85. The molecule has 7 heteroatoms. The molecule has 0 aliphatic carbocycles. The van der Waals surface area contributed by atoms with E-state index in [4.69, 9.17) is 4.74 Å². The van der Waals surface area contributed by atoms with Gasteiger partial charge in [0.15, 0.2) is 0 Å². The van der Waals surface area contributed by atoms with E-state index in [0.717, 1.165) is 15.4 Å². The Balaban J connectivity index is 1.83. The highest BCUT2D eigenvalue weighted by Gasteiger charge is 2.27. The predicted molar refractivity (Wildman–Crippen MR) is 111 cm³/mol. The highest BCUT2D eigenvalue weighted by molar-refractivity contribution is 7.92. The zero-order chi connectivity index (χ0) is 20.9. The zero-order valence-corrected chi connectivity index (χ0v) is 16.7. The second kappa shape index (κ2) is 8.79. The molecule has 0 saturated carbocycles. The van der Waals surface area contributed by atoms with Gasteiger partial charge in [-0.2, -0.15) is 0 Å². The third kappa shape index (κ3) is 5.14. The van der Waals surface area contributed by atoms with Gasteiger partial charge >= 0.3 is 5.97 Å². The summed E-state index contributed by atoms with van der Waals surface area (Å²) in [5.74, 6) is -0.689. The third-order valence-electron chi connectivity index (χ3n) is 4.26. The van der Waals surface area contributed by atoms with Crippen molar-refractivity contribution in [3.63, 3.8) is 0 Å². The molecular weight excluding hydrogens is 390 g/mol. The molecule has 1 N–H and O–H groups in total. The largest absolute Gasteiger partial charge is 0.489 e. The molecule has 0 amide bonds. The minimum atomic E-state index is -4.02. The van der Waals surface area contributed by atoms with Crippen LogP contribution < -0.4 is 9.04 Å². The van der Waals surface area contributed by atoms with Crippen LogP contribution in [0.2, 0.25) is 0 Å². The van der Waals surface area contributed by atoms with Crippen molar-refractivity contribution in [3.05, 3.63) is 90.0 Å². The summed E-state index contributed by atoms with van der Waals surface area (Å²) in [5.41, 5.74) is 2.17. The summed E-state index contributed by atoms with van der Waals surface area (Å²) in [4.78, 5) is 11.3. The Hall–Kier alpha value is -3.32. The topological polar surface area (TPSA) is 83.9 Å². The van der Waals surface area contributed by atoms with E-state index >= 15 is 0 Å². The van der Waals surface area contributed by atoms with Crippen LogP contribution in [0.5, 0.6) is 5.75 Å². The van der Waals surface area contributed by atoms with Gasteiger partial charge in [-0.15, -0.1) is 0 Å². The summed E-state index contributed by atoms with van der Waals surface area (Å²) in [5, 5.41) is 9.23. The van der Waals surface area contributed by atoms with E-state index in [9.17, 15) is 18.3 Å². The van der Waals surface area contributed by atoms with Crippen LogP contribution in [0.3, 0.4) is 0 Å². The fourth-order valence-corrected chi connectivity index (χ4v) is 4.14. The molecule has 0 fully saturated rings. The van der Waals surface area contributed by atoms with Crippen LogP contribution in [0.15, 0.2) is 83.8 Å². The molecule has 0 aromatic heterocycles. The fourth-order valence-electron chi connectivity index (χ4n) is 2.72. The van der Waals surface area contributed by atoms with Gasteiger partial charge in [-0.3, -0.25) is 9.10 Å². The summed E-state index contributed by atoms with van der Waals surface area (Å²) < 4.78 is 32.6. The Morgan fingerprint density at radius 2 is 1.55 bits per heavy atom. The first-order valence-electron chi connectivity index (χ1n) is 8.94. The average Bonchev–Trinajstić information content (AvgIpc) is 2.72. The summed E-state index contributed by atoms with van der Waals surface area (Å²) in [6.45, 7) is 1.54. The molecule has 0 atom stereocenters. The Morgan fingerprint density at radius 1 is 0.931 bits per heavy atom. The molecule has 3 aromatic rings. The third-order valence-corrected chi connectivity index (χ3v) is 6.05. The molecule has 3 rings (SSSR count). The number of aliphatic carboxylic acids is 1. The Morgan fingerprint density at radius 3 is 2.14 bits per heavy atom. The maximum absolute atomic E-state index is 13.0. The fraction of sp³-hybridized carbons (Fsp3) is 0.136. The van der Waals surface area contributed by atoms with Gasteiger partial charge in [0.05, 0.1) is 10.6 Å². The van der Waals surface area contributed by atoms with Crippen molar-refractivity contribution in [3.8, 4) is 5.75 Å². The molecule has 150 valence electrons. The highest BCUT2D eigenvalue weighted by Crippen LogP contribution is 2.26. The van der Waals surface area contributed by atoms with Crippen LogP contribution in [-0.2, 0) is 21.4 Å². The van der Waals surface area contributed by atoms with Gasteiger partial charge < -0.3 is 9.84 Å². The van der Waals surface area contributed by atoms with Gasteiger partial charge in [0.1, 0.15) is 18.9 Å². The van der Waals surface area contributed by atoms with Crippen LogP contribution in [0.1, 0.15) is 11.1 Å². The monoisotopic (exact) mass is 411 g/mol. The Bertz CT molecular complexity index is 1060. The number of ether oxygens (including phenoxy) is 1. The van der Waals surface area contributed by atoms with E-state index in [1.165, 1.54) is 24.3 Å². The van der Waals surface area contributed by atoms with Gasteiger partial charge in [0.2, 0.25) is 0 Å². The number of nitrogens with zero attached hydrogens (tertiary/aromatic N) is 1. The number of aryl methyl sites for hydroxylation is 1. The summed E-state index contributed by atoms with van der Waals surface area (Å²) in [7, 11) is -4.02. The van der Waals surface area contributed by atoms with Crippen molar-refractivity contribution in [2.45, 2.75) is 18.4 Å². The average molecular weight is 411 g/mol. The molecule has 0 aliphatic rings. The molecule has 0 bridgehead atoms. The highest BCUT2D eigenvalue weighted by atomic mass is 32.2. The van der Waals surface area contributed by atoms with E-state index in [2.05, 4.69) is 0 Å². The Labute approximate surface area is 170 Å². The first kappa shape index (κ1) is 20.4. The van der Waals surface area contributed by atoms with E-state index in [0.29, 0.717) is 12.4 Å². The number of anilines is 1. The molecular formula is C22H21NO5S. The molecule has 0 spiro atoms. The number of hydrogen-bond acceptors (Lipinski definition) is 4. The lowest BCUT2D eigenvalue weighted by molar-refractivity contribution is -0.135. The van der Waals surface area contributed by atoms with Crippen molar-refractivity contribution < 1.29 is 23.1 Å². The van der Waals surface area contributed by atoms with Crippen molar-refractivity contribution in [1.82, 2.24) is 0 Å². The normalized spacial score (nSPS) is 11.1. The van der Waals surface area contributed by atoms with Crippen LogP contribution in [-0.4, -0.2) is 26.0 Å². The number of hydrogen-bond donors (Lipinski definition) is 1. The number of carboxylic acids is 1. The minimum absolute atomic E-state index is 0.0359. The molecule has 0 aliphatic heterocycles. The SMILES string of the molecule is Cc1ccc(S(=O)(=O)N(CC(=O)O)c2ccc(OCc3ccccc3)cc2)cc1. The second-order valence-electron chi connectivity index (χ2n) is 6.49. The van der Waals surface area contributed by atoms with E-state index in [1.54, 1.807) is 24.3 Å². The van der Waals surface area contributed by atoms with Gasteiger partial charge in [-0.25, -0.2) is 8.42 Å². The lowest BCUT2D eigenvalue weighted by atomic mass is 10.2. The van der Waals surface area contributed by atoms with Gasteiger partial charge in [-0.1, -0.05) is 48.0 Å². The van der Waals surface area contributed by atoms with Gasteiger partial charge in [-0.05, 0) is 48.9 Å². The molecule has 0 radical (unpaired) electrons. The lowest BCUT2D eigenvalue weighted by Gasteiger charge is -2.23. The zero-order valence-electron chi connectivity index (χ0n) is 15.9. The van der Waals surface area contributed by atoms with Crippen molar-refractivity contribution >= 4 is 21.7 Å². The van der Waals surface area contributed by atoms with Crippen molar-refractivity contribution in [2.75, 3.05) is 10.8 Å². The van der Waals surface area contributed by atoms with Gasteiger partial charge in [0.25, 0.3) is 10.0 Å². The summed E-state index contributed by atoms with van der Waals surface area (Å²) in [6.07, 6.45) is 0. The van der Waals surface area contributed by atoms with Crippen LogP contribution >= 0.6 is 0 Å². The second-order valence-corrected chi connectivity index (χ2v) is 8.35. The summed E-state index contributed by atoms with van der Waals surface area (Å²) >= 11 is 0. The lowest BCUT2D eigenvalue weighted by Crippen LogP contribution is -2.35. The minimum Gasteiger partial charge on any atom is -0.489 e. The maximum atomic E-state index is 13.0. The quantitative estimate of drug-likeness (QED) is 0.609. The number of carboxylic acid groups (broad SMARTS) is 1. The van der Waals surface area contributed by atoms with Crippen molar-refractivity contribution in [2.24, 2.45) is 0 Å². The van der Waals surface area contributed by atoms with Crippen LogP contribution in [0.25, 0.3) is 0 Å². The standard InChI is InChI=1S/C22H21NO5S/c1-17-7-13-21(14-8-17)29(26,27)23(15-22(24)25)19-9-11-20(12-10-19)28-16-18-5-3-2-4-6-18/h2-14H,15-16H2,1H3,(H,24,25). The molecule has 29 heavy (non-hydrogen) atoms. The van der Waals surface area contributed by atoms with E-state index in [1.807, 2.05) is 37.3 Å². The summed E-state index contributed by atoms with van der Waals surface area (Å²) in [6, 6.07) is 22.2. The molecule has 0 unspecified atom stereocenters. The molecule has 6 nitrogen and oxygen atoms in total.